The van der Waals surface area contributed by atoms with Crippen molar-refractivity contribution < 1.29 is 14.3 Å². The van der Waals surface area contributed by atoms with E-state index in [0.717, 1.165) is 46.5 Å². The van der Waals surface area contributed by atoms with Crippen molar-refractivity contribution in [2.45, 2.75) is 32.4 Å². The first-order valence-electron chi connectivity index (χ1n) is 12.7. The molecule has 0 saturated carbocycles. The summed E-state index contributed by atoms with van der Waals surface area (Å²) in [5.74, 6) is 1.50. The van der Waals surface area contributed by atoms with Gasteiger partial charge in [0.1, 0.15) is 11.5 Å². The van der Waals surface area contributed by atoms with E-state index in [0.29, 0.717) is 28.8 Å². The van der Waals surface area contributed by atoms with Gasteiger partial charge in [-0.2, -0.15) is 0 Å². The summed E-state index contributed by atoms with van der Waals surface area (Å²) in [6.07, 6.45) is 3.37. The van der Waals surface area contributed by atoms with Gasteiger partial charge in [-0.3, -0.25) is 4.98 Å². The Bertz CT molecular complexity index is 1430. The third-order valence-corrected chi connectivity index (χ3v) is 6.94. The second-order valence-corrected chi connectivity index (χ2v) is 10.1. The van der Waals surface area contributed by atoms with Crippen LogP contribution in [-0.4, -0.2) is 42.7 Å². The molecule has 0 aliphatic heterocycles. The minimum Gasteiger partial charge on any atom is -0.497 e. The minimum absolute atomic E-state index is 0.129. The monoisotopic (exact) mass is 566 g/mol. The van der Waals surface area contributed by atoms with E-state index in [1.165, 1.54) is 0 Å². The zero-order chi connectivity index (χ0) is 27.8. The summed E-state index contributed by atoms with van der Waals surface area (Å²) in [6.45, 7) is 3.03. The lowest BCUT2D eigenvalue weighted by Gasteiger charge is -2.25. The molecule has 0 bridgehead atoms. The molecule has 0 aliphatic rings. The average Bonchev–Trinajstić information content (AvgIpc) is 2.94. The molecule has 1 atom stereocenters. The molecule has 0 saturated heterocycles. The minimum atomic E-state index is -0.256. The zero-order valence-corrected chi connectivity index (χ0v) is 23.7. The Hall–Kier alpha value is -3.68. The van der Waals surface area contributed by atoms with Crippen LogP contribution in [0.1, 0.15) is 25.3 Å². The first kappa shape index (κ1) is 28.3. The lowest BCUT2D eigenvalue weighted by molar-refractivity contribution is 0.207. The van der Waals surface area contributed by atoms with Crippen molar-refractivity contribution in [2.24, 2.45) is 0 Å². The molecule has 1 heterocycles. The predicted octanol–water partition coefficient (Wildman–Crippen LogP) is 7.87. The smallest absolute Gasteiger partial charge is 0.322 e. The lowest BCUT2D eigenvalue weighted by atomic mass is 10.1. The number of methoxy groups -OCH3 is 2. The van der Waals surface area contributed by atoms with E-state index in [9.17, 15) is 4.79 Å². The molecule has 2 amide bonds. The van der Waals surface area contributed by atoms with Crippen molar-refractivity contribution in [1.82, 2.24) is 9.88 Å². The molecular weight excluding hydrogens is 535 g/mol. The number of rotatable bonds is 11. The molecule has 1 aromatic heterocycles. The van der Waals surface area contributed by atoms with Gasteiger partial charge in [-0.1, -0.05) is 47.5 Å². The molecule has 0 radical (unpaired) electrons. The van der Waals surface area contributed by atoms with E-state index in [1.54, 1.807) is 43.5 Å². The fourth-order valence-electron chi connectivity index (χ4n) is 4.40. The van der Waals surface area contributed by atoms with E-state index in [4.69, 9.17) is 32.7 Å². The maximum absolute atomic E-state index is 13.4. The number of nitrogens with one attached hydrogen (secondary N) is 2. The first-order valence-corrected chi connectivity index (χ1v) is 13.5. The number of urea groups is 1. The van der Waals surface area contributed by atoms with Gasteiger partial charge in [-0.05, 0) is 56.2 Å². The number of aromatic nitrogens is 1. The maximum atomic E-state index is 13.4. The van der Waals surface area contributed by atoms with Crippen LogP contribution in [-0.2, 0) is 6.54 Å². The Kier molecular flexibility index (Phi) is 9.74. The molecule has 1 unspecified atom stereocenters. The number of halogens is 2. The van der Waals surface area contributed by atoms with Crippen LogP contribution in [0, 0.1) is 0 Å². The van der Waals surface area contributed by atoms with Crippen LogP contribution >= 0.6 is 23.2 Å². The van der Waals surface area contributed by atoms with Gasteiger partial charge in [-0.25, -0.2) is 4.79 Å². The second-order valence-electron chi connectivity index (χ2n) is 9.23. The number of fused-ring (bicyclic) bond motifs is 1. The zero-order valence-electron chi connectivity index (χ0n) is 22.2. The van der Waals surface area contributed by atoms with E-state index in [1.807, 2.05) is 48.5 Å². The predicted molar refractivity (Wildman–Crippen MR) is 159 cm³/mol. The Morgan fingerprint density at radius 1 is 1.00 bits per heavy atom. The fourth-order valence-corrected chi connectivity index (χ4v) is 4.85. The number of nitrogens with zero attached hydrogens (tertiary/aromatic N) is 2. The van der Waals surface area contributed by atoms with Crippen molar-refractivity contribution in [3.8, 4) is 11.5 Å². The number of benzene rings is 3. The van der Waals surface area contributed by atoms with Crippen LogP contribution in [0.4, 0.5) is 16.2 Å². The topological polar surface area (TPSA) is 75.7 Å². The van der Waals surface area contributed by atoms with Crippen LogP contribution in [0.5, 0.6) is 11.5 Å². The maximum Gasteiger partial charge on any atom is 0.322 e. The summed E-state index contributed by atoms with van der Waals surface area (Å²) in [7, 11) is 3.28. The van der Waals surface area contributed by atoms with Crippen LogP contribution in [0.25, 0.3) is 10.9 Å². The summed E-state index contributed by atoms with van der Waals surface area (Å²) < 4.78 is 11.0. The molecule has 0 spiro atoms. The molecule has 2 N–H and O–H groups in total. The molecular formula is C30H32Cl2N4O3. The number of amides is 2. The normalized spacial score (nSPS) is 11.6. The van der Waals surface area contributed by atoms with Gasteiger partial charge >= 0.3 is 6.03 Å². The molecule has 9 heteroatoms. The SMILES string of the molecule is COc1cc(NC(C)CCCN(Cc2ccccc2OC)C(=O)Nc2ccc(Cl)cc2Cl)c2ncccc2c1. The number of carbonyl (C=O) groups excluding carboxylic acids is 1. The lowest BCUT2D eigenvalue weighted by Crippen LogP contribution is -2.36. The van der Waals surface area contributed by atoms with Crippen LogP contribution in [0.3, 0.4) is 0 Å². The van der Waals surface area contributed by atoms with Gasteiger partial charge in [0, 0.05) is 40.8 Å². The number of hydrogen-bond donors (Lipinski definition) is 2. The Morgan fingerprint density at radius 2 is 1.82 bits per heavy atom. The van der Waals surface area contributed by atoms with Crippen LogP contribution in [0.2, 0.25) is 10.0 Å². The highest BCUT2D eigenvalue weighted by Gasteiger charge is 2.18. The highest BCUT2D eigenvalue weighted by atomic mass is 35.5. The van der Waals surface area contributed by atoms with Gasteiger partial charge in [0.2, 0.25) is 0 Å². The summed E-state index contributed by atoms with van der Waals surface area (Å²) in [5.41, 5.74) is 3.22. The van der Waals surface area contributed by atoms with E-state index in [2.05, 4.69) is 22.5 Å². The van der Waals surface area contributed by atoms with Gasteiger partial charge in [-0.15, -0.1) is 0 Å². The standard InChI is InChI=1S/C30H32Cl2N4O3/c1-20(34-27-18-24(38-2)16-21-10-6-14-33-29(21)27)8-7-15-36(19-22-9-4-5-11-28(22)39-3)30(37)35-26-13-12-23(31)17-25(26)32/h4-6,9-14,16-18,20,34H,7-8,15,19H2,1-3H3,(H,35,37). The van der Waals surface area contributed by atoms with Crippen molar-refractivity contribution in [3.05, 3.63) is 88.5 Å². The Balaban J connectivity index is 1.45. The third-order valence-electron chi connectivity index (χ3n) is 6.39. The summed E-state index contributed by atoms with van der Waals surface area (Å²) in [5, 5.41) is 8.39. The quantitative estimate of drug-likeness (QED) is 0.193. The number of carbonyl (C=O) groups is 1. The molecule has 4 aromatic rings. The van der Waals surface area contributed by atoms with Gasteiger partial charge < -0.3 is 25.0 Å². The van der Waals surface area contributed by atoms with Crippen LogP contribution in [0.15, 0.2) is 72.9 Å². The van der Waals surface area contributed by atoms with Crippen molar-refractivity contribution >= 4 is 51.5 Å². The average molecular weight is 568 g/mol. The number of anilines is 2. The molecule has 39 heavy (non-hydrogen) atoms. The summed E-state index contributed by atoms with van der Waals surface area (Å²) in [6, 6.07) is 20.4. The molecule has 7 nitrogen and oxygen atoms in total. The van der Waals surface area contributed by atoms with Crippen molar-refractivity contribution in [2.75, 3.05) is 31.4 Å². The largest absolute Gasteiger partial charge is 0.497 e. The van der Waals surface area contributed by atoms with Gasteiger partial charge in [0.15, 0.2) is 0 Å². The molecule has 0 fully saturated rings. The molecule has 4 rings (SSSR count). The van der Waals surface area contributed by atoms with Gasteiger partial charge in [0.25, 0.3) is 0 Å². The number of ether oxygens (including phenoxy) is 2. The Labute approximate surface area is 239 Å². The number of pyridine rings is 1. The van der Waals surface area contributed by atoms with E-state index >= 15 is 0 Å². The van der Waals surface area contributed by atoms with E-state index in [-0.39, 0.29) is 12.1 Å². The van der Waals surface area contributed by atoms with Gasteiger partial charge in [0.05, 0.1) is 42.7 Å². The van der Waals surface area contributed by atoms with E-state index < -0.39 is 0 Å². The van der Waals surface area contributed by atoms with Crippen molar-refractivity contribution in [3.63, 3.8) is 0 Å². The highest BCUT2D eigenvalue weighted by molar-refractivity contribution is 6.36. The third kappa shape index (κ3) is 7.46. The second kappa shape index (κ2) is 13.4. The first-order chi connectivity index (χ1) is 18.9. The molecule has 0 aliphatic carbocycles. The summed E-state index contributed by atoms with van der Waals surface area (Å²) >= 11 is 12.3. The number of hydrogen-bond acceptors (Lipinski definition) is 5. The molecule has 204 valence electrons. The summed E-state index contributed by atoms with van der Waals surface area (Å²) in [4.78, 5) is 19.7. The Morgan fingerprint density at radius 3 is 2.59 bits per heavy atom. The highest BCUT2D eigenvalue weighted by Crippen LogP contribution is 2.29. The van der Waals surface area contributed by atoms with Crippen LogP contribution < -0.4 is 20.1 Å². The molecule has 3 aromatic carbocycles. The fraction of sp³-hybridized carbons (Fsp3) is 0.267. The van der Waals surface area contributed by atoms with Crippen molar-refractivity contribution in [1.29, 1.82) is 0 Å². The number of para-hydroxylation sites is 1.